The van der Waals surface area contributed by atoms with Gasteiger partial charge in [-0.1, -0.05) is 13.0 Å². The zero-order valence-corrected chi connectivity index (χ0v) is 33.5. The Kier molecular flexibility index (Phi) is 12.7. The summed E-state index contributed by atoms with van der Waals surface area (Å²) in [5.41, 5.74) is 10.0. The van der Waals surface area contributed by atoms with Gasteiger partial charge in [0.2, 0.25) is 12.1 Å². The molecule has 12 N–H and O–H groups in total. The number of ketones is 2. The third-order valence-corrected chi connectivity index (χ3v) is 11.4. The van der Waals surface area contributed by atoms with Crippen LogP contribution in [0.5, 0.6) is 17.2 Å². The number of aliphatic hydroxyl groups excluding tert-OH is 4. The Morgan fingerprint density at radius 3 is 2.40 bits per heavy atom. The predicted molar refractivity (Wildman–Crippen MR) is 213 cm³/mol. The van der Waals surface area contributed by atoms with Crippen molar-refractivity contribution in [3.8, 4) is 17.2 Å². The van der Waals surface area contributed by atoms with Crippen LogP contribution < -0.4 is 31.6 Å². The molecule has 60 heavy (non-hydrogen) atoms. The number of aryl methyl sites for hydroxylation is 1. The Bertz CT molecular complexity index is 2200. The van der Waals surface area contributed by atoms with Gasteiger partial charge in [0.15, 0.2) is 11.7 Å². The van der Waals surface area contributed by atoms with Crippen molar-refractivity contribution in [2.75, 3.05) is 40.5 Å². The first-order chi connectivity index (χ1) is 28.5. The maximum atomic E-state index is 14.7. The molecular formula is C41H50N6O13. The molecule has 6 rings (SSSR count). The van der Waals surface area contributed by atoms with Gasteiger partial charge in [0.05, 0.1) is 36.7 Å². The Hall–Kier alpha value is -5.83. The van der Waals surface area contributed by atoms with Crippen molar-refractivity contribution in [2.24, 2.45) is 22.4 Å². The van der Waals surface area contributed by atoms with E-state index in [-0.39, 0.29) is 83.6 Å². The third-order valence-electron chi connectivity index (χ3n) is 11.4. The number of nitrogens with zero attached hydrogens (tertiary/aromatic N) is 2. The number of methoxy groups -OCH3 is 1. The zero-order chi connectivity index (χ0) is 43.8. The molecule has 19 nitrogen and oxygen atoms in total. The number of fused-ring (bicyclic) bond motifs is 2. The van der Waals surface area contributed by atoms with Crippen LogP contribution in [0.25, 0.3) is 0 Å². The van der Waals surface area contributed by atoms with Gasteiger partial charge in [0, 0.05) is 73.1 Å². The summed E-state index contributed by atoms with van der Waals surface area (Å²) >= 11 is 0. The number of dihydropyridines is 1. The van der Waals surface area contributed by atoms with Crippen LogP contribution >= 0.6 is 0 Å². The number of aliphatic imine (C=N–C) groups is 1. The van der Waals surface area contributed by atoms with Gasteiger partial charge >= 0.3 is 0 Å². The minimum Gasteiger partial charge on any atom is -0.507 e. The summed E-state index contributed by atoms with van der Waals surface area (Å²) in [4.78, 5) is 59.2. The van der Waals surface area contributed by atoms with Crippen LogP contribution in [0.4, 0.5) is 0 Å². The molecule has 0 radical (unpaired) electrons. The number of ether oxygens (including phenoxy) is 3. The fourth-order valence-corrected chi connectivity index (χ4v) is 8.41. The number of benzene rings is 2. The molecule has 1 saturated heterocycles. The van der Waals surface area contributed by atoms with Crippen molar-refractivity contribution in [1.29, 1.82) is 0 Å². The van der Waals surface area contributed by atoms with E-state index in [1.54, 1.807) is 19.9 Å². The number of phenols is 1. The lowest BCUT2D eigenvalue weighted by Gasteiger charge is -2.49. The number of hydrogen-bond acceptors (Lipinski definition) is 16. The number of nitrogens with two attached hydrogens (primary N) is 2. The third kappa shape index (κ3) is 7.70. The molecule has 2 aromatic carbocycles. The fourth-order valence-electron chi connectivity index (χ4n) is 8.41. The van der Waals surface area contributed by atoms with E-state index in [4.69, 9.17) is 25.7 Å². The van der Waals surface area contributed by atoms with Gasteiger partial charge in [-0.05, 0) is 49.5 Å². The summed E-state index contributed by atoms with van der Waals surface area (Å²) in [5.74, 6) is -4.13. The lowest BCUT2D eigenvalue weighted by molar-refractivity contribution is -0.316. The second kappa shape index (κ2) is 17.4. The van der Waals surface area contributed by atoms with E-state index in [9.17, 15) is 49.8 Å². The second-order valence-corrected chi connectivity index (χ2v) is 14.9. The molecule has 0 spiro atoms. The van der Waals surface area contributed by atoms with Crippen molar-refractivity contribution in [1.82, 2.24) is 15.5 Å². The molecule has 19 heteroatoms. The number of allylic oxidation sites excluding steroid dienone is 1. The highest BCUT2D eigenvalue weighted by molar-refractivity contribution is 6.31. The first-order valence-electron chi connectivity index (χ1n) is 19.3. The van der Waals surface area contributed by atoms with Crippen LogP contribution in [0.2, 0.25) is 0 Å². The van der Waals surface area contributed by atoms with E-state index in [0.717, 1.165) is 17.1 Å². The van der Waals surface area contributed by atoms with E-state index >= 15 is 0 Å². The van der Waals surface area contributed by atoms with Crippen molar-refractivity contribution in [3.05, 3.63) is 86.8 Å². The second-order valence-electron chi connectivity index (χ2n) is 14.9. The minimum absolute atomic E-state index is 0.0103. The number of rotatable bonds is 14. The fraction of sp³-hybridized carbons (Fsp3) is 0.439. The summed E-state index contributed by atoms with van der Waals surface area (Å²) < 4.78 is 17.7. The SMILES string of the molecule is CCc1c(OC)cc(O[C@@H]2O[C@H](CO)[C@](O)(C[C@H](CN3C(=O)C=CC3=O)C3=CCNC(N)=C3)[C@H](O)[C@H]2O)c2c1C(=O)c1cc(C)c([C@H](CCO)NC(N)=NC)c(O)c1C2=O. The molecule has 3 heterocycles. The largest absolute Gasteiger partial charge is 0.507 e. The molecule has 0 aromatic heterocycles. The maximum Gasteiger partial charge on any atom is 0.253 e. The molecular weight excluding hydrogens is 784 g/mol. The number of aromatic hydroxyl groups is 1. The lowest BCUT2D eigenvalue weighted by atomic mass is 9.75. The van der Waals surface area contributed by atoms with Gasteiger partial charge < -0.3 is 67.0 Å². The van der Waals surface area contributed by atoms with E-state index in [1.807, 2.05) is 0 Å². The molecule has 7 atom stereocenters. The van der Waals surface area contributed by atoms with Gasteiger partial charge in [-0.25, -0.2) is 0 Å². The molecule has 1 fully saturated rings. The number of carbonyl (C=O) groups excluding carboxylic acids is 4. The molecule has 0 saturated carbocycles. The van der Waals surface area contributed by atoms with Gasteiger partial charge in [0.25, 0.3) is 11.8 Å². The number of guanidine groups is 1. The van der Waals surface area contributed by atoms with Gasteiger partial charge in [0.1, 0.15) is 41.2 Å². The standard InChI is InChI=1S/C41H50N6O13/c1-5-21-24(58-4)14-25(33-31(21)34(52)22-12-18(2)30(35(53)32(22)36(33)54)23(9-11-48)46-40(43)44-3)59-39-37(55)38(56)41(57,26(17-49)60-39)15-20(19-8-10-45-27(42)13-19)16-47-28(50)6-7-29(47)51/h6-8,12-14,20,23,26,37-39,45,48-49,53,55-57H,5,9-11,15-17,42H2,1-4H3,(H3,43,44,46)/t20-,23+,26-,37-,38-,39-,41-/m1/s1. The number of hydrogen-bond donors (Lipinski definition) is 10. The molecule has 1 aliphatic carbocycles. The molecule has 322 valence electrons. The molecule has 3 aliphatic heterocycles. The smallest absolute Gasteiger partial charge is 0.253 e. The topological polar surface area (TPSA) is 309 Å². The quantitative estimate of drug-likeness (QED) is 0.0519. The van der Waals surface area contributed by atoms with Crippen LogP contribution in [0.1, 0.15) is 74.3 Å². The van der Waals surface area contributed by atoms with Gasteiger partial charge in [-0.2, -0.15) is 0 Å². The number of nitrogens with one attached hydrogen (secondary N) is 2. The lowest BCUT2D eigenvalue weighted by Crippen LogP contribution is -2.68. The normalized spacial score (nSPS) is 24.9. The summed E-state index contributed by atoms with van der Waals surface area (Å²) in [6.45, 7) is 2.10. The summed E-state index contributed by atoms with van der Waals surface area (Å²) in [5, 5.41) is 73.5. The van der Waals surface area contributed by atoms with Crippen LogP contribution in [0.3, 0.4) is 0 Å². The molecule has 4 aliphatic rings. The van der Waals surface area contributed by atoms with Crippen molar-refractivity contribution in [2.45, 2.75) is 69.4 Å². The summed E-state index contributed by atoms with van der Waals surface area (Å²) in [7, 11) is 2.77. The Balaban J connectivity index is 1.39. The monoisotopic (exact) mass is 834 g/mol. The van der Waals surface area contributed by atoms with Crippen molar-refractivity contribution in [3.63, 3.8) is 0 Å². The number of phenolic OH excluding ortho intramolecular Hbond substituents is 1. The highest BCUT2D eigenvalue weighted by atomic mass is 16.7. The van der Waals surface area contributed by atoms with Crippen molar-refractivity contribution >= 4 is 29.3 Å². The Morgan fingerprint density at radius 2 is 1.80 bits per heavy atom. The van der Waals surface area contributed by atoms with Crippen LogP contribution in [-0.4, -0.2) is 136 Å². The molecule has 0 bridgehead atoms. The predicted octanol–water partition coefficient (Wildman–Crippen LogP) is -1.19. The average molecular weight is 835 g/mol. The van der Waals surface area contributed by atoms with E-state index in [0.29, 0.717) is 16.7 Å². The number of carbonyl (C=O) groups is 4. The Labute approximate surface area is 344 Å². The molecule has 0 unspecified atom stereocenters. The van der Waals surface area contributed by atoms with Crippen LogP contribution in [0, 0.1) is 12.8 Å². The minimum atomic E-state index is -2.44. The van der Waals surface area contributed by atoms with E-state index in [2.05, 4.69) is 15.6 Å². The molecule has 2 amide bonds. The highest BCUT2D eigenvalue weighted by Crippen LogP contribution is 2.47. The highest BCUT2D eigenvalue weighted by Gasteiger charge is 2.57. The number of aliphatic hydroxyl groups is 5. The summed E-state index contributed by atoms with van der Waals surface area (Å²) in [6.07, 6.45) is -2.53. The molecule has 2 aromatic rings. The average Bonchev–Trinajstić information content (AvgIpc) is 3.54. The summed E-state index contributed by atoms with van der Waals surface area (Å²) in [6, 6.07) is 1.92. The van der Waals surface area contributed by atoms with Crippen LogP contribution in [-0.2, 0) is 20.7 Å². The van der Waals surface area contributed by atoms with Gasteiger partial charge in [-0.3, -0.25) is 29.1 Å². The first-order valence-corrected chi connectivity index (χ1v) is 19.3. The van der Waals surface area contributed by atoms with E-state index in [1.165, 1.54) is 32.4 Å². The zero-order valence-electron chi connectivity index (χ0n) is 33.5. The number of amides is 2. The number of imide groups is 1. The van der Waals surface area contributed by atoms with Crippen LogP contribution in [0.15, 0.2) is 52.8 Å². The maximum absolute atomic E-state index is 14.7. The first kappa shape index (κ1) is 43.7. The Morgan fingerprint density at radius 1 is 1.10 bits per heavy atom. The van der Waals surface area contributed by atoms with E-state index < -0.39 is 84.3 Å². The van der Waals surface area contributed by atoms with Crippen molar-refractivity contribution < 1.29 is 64.0 Å². The van der Waals surface area contributed by atoms with Gasteiger partial charge in [-0.15, -0.1) is 0 Å².